The van der Waals surface area contributed by atoms with Gasteiger partial charge in [0.15, 0.2) is 0 Å². The van der Waals surface area contributed by atoms with Crippen molar-refractivity contribution in [2.24, 2.45) is 0 Å². The van der Waals surface area contributed by atoms with Crippen LogP contribution in [0.3, 0.4) is 0 Å². The molecule has 0 bridgehead atoms. The van der Waals surface area contributed by atoms with E-state index in [1.54, 1.807) is 6.07 Å². The molecule has 13 heteroatoms. The van der Waals surface area contributed by atoms with Gasteiger partial charge in [0.05, 0.1) is 27.7 Å². The van der Waals surface area contributed by atoms with Crippen LogP contribution >= 0.6 is 46.4 Å². The maximum atomic E-state index is 13.4. The molecule has 0 radical (unpaired) electrons. The molecule has 0 saturated heterocycles. The molecule has 3 aromatic rings. The molecule has 0 aromatic heterocycles. The Morgan fingerprint density at radius 1 is 0.886 bits per heavy atom. The second-order valence-electron chi connectivity index (χ2n) is 7.17. The maximum Gasteiger partial charge on any atom is 0.416 e. The zero-order chi connectivity index (χ0) is 26.0. The maximum absolute atomic E-state index is 13.4. The molecule has 5 nitrogen and oxygen atoms in total. The molecule has 0 aliphatic heterocycles. The molecular formula is C22H15Cl4F3N2O3S. The number of halogens is 7. The van der Waals surface area contributed by atoms with Crippen molar-refractivity contribution < 1.29 is 26.4 Å². The van der Waals surface area contributed by atoms with E-state index < -0.39 is 40.8 Å². The van der Waals surface area contributed by atoms with E-state index in [1.807, 2.05) is 0 Å². The second-order valence-corrected chi connectivity index (χ2v) is 10.8. The van der Waals surface area contributed by atoms with Crippen molar-refractivity contribution in [1.29, 1.82) is 0 Å². The highest BCUT2D eigenvalue weighted by molar-refractivity contribution is 7.89. The average Bonchev–Trinajstić information content (AvgIpc) is 2.76. The fourth-order valence-electron chi connectivity index (χ4n) is 2.99. The Balaban J connectivity index is 1.95. The van der Waals surface area contributed by atoms with E-state index in [9.17, 15) is 26.4 Å². The summed E-state index contributed by atoms with van der Waals surface area (Å²) in [5, 5.41) is 2.69. The molecular weight excluding hydrogens is 571 g/mol. The molecule has 0 aliphatic carbocycles. The number of benzene rings is 3. The lowest BCUT2D eigenvalue weighted by Gasteiger charge is -2.23. The van der Waals surface area contributed by atoms with Crippen molar-refractivity contribution in [3.63, 3.8) is 0 Å². The van der Waals surface area contributed by atoms with E-state index in [0.717, 1.165) is 16.4 Å². The van der Waals surface area contributed by atoms with Crippen molar-refractivity contribution >= 4 is 68.0 Å². The number of alkyl halides is 3. The van der Waals surface area contributed by atoms with Crippen molar-refractivity contribution in [3.05, 3.63) is 91.9 Å². The van der Waals surface area contributed by atoms with Gasteiger partial charge < -0.3 is 5.32 Å². The summed E-state index contributed by atoms with van der Waals surface area (Å²) in [6.07, 6.45) is -4.67. The third-order valence-electron chi connectivity index (χ3n) is 4.74. The number of nitrogens with one attached hydrogen (secondary N) is 1. The Kier molecular flexibility index (Phi) is 8.62. The van der Waals surface area contributed by atoms with Crippen LogP contribution < -0.4 is 5.32 Å². The van der Waals surface area contributed by atoms with Gasteiger partial charge in [-0.3, -0.25) is 4.79 Å². The van der Waals surface area contributed by atoms with Gasteiger partial charge >= 0.3 is 6.18 Å². The summed E-state index contributed by atoms with van der Waals surface area (Å²) in [5.41, 5.74) is -1.13. The summed E-state index contributed by atoms with van der Waals surface area (Å²) >= 11 is 24.2. The van der Waals surface area contributed by atoms with Gasteiger partial charge in [-0.05, 0) is 54.6 Å². The number of hydrogen-bond acceptors (Lipinski definition) is 3. The molecule has 3 rings (SSSR count). The summed E-state index contributed by atoms with van der Waals surface area (Å²) in [5.74, 6) is -0.938. The highest BCUT2D eigenvalue weighted by Gasteiger charge is 2.32. The molecule has 0 heterocycles. The monoisotopic (exact) mass is 584 g/mol. The first-order chi connectivity index (χ1) is 16.3. The average molecular weight is 586 g/mol. The van der Waals surface area contributed by atoms with Crippen molar-refractivity contribution in [2.45, 2.75) is 17.6 Å². The predicted molar refractivity (Wildman–Crippen MR) is 131 cm³/mol. The van der Waals surface area contributed by atoms with Crippen LogP contribution in [0, 0.1) is 0 Å². The first-order valence-corrected chi connectivity index (χ1v) is 12.6. The first kappa shape index (κ1) is 27.6. The van der Waals surface area contributed by atoms with E-state index in [4.69, 9.17) is 46.4 Å². The van der Waals surface area contributed by atoms with Gasteiger partial charge in [0, 0.05) is 27.2 Å². The Morgan fingerprint density at radius 2 is 1.49 bits per heavy atom. The first-order valence-electron chi connectivity index (χ1n) is 9.64. The van der Waals surface area contributed by atoms with E-state index in [0.29, 0.717) is 11.1 Å². The number of nitrogens with zero attached hydrogens (tertiary/aromatic N) is 1. The zero-order valence-corrected chi connectivity index (χ0v) is 21.3. The van der Waals surface area contributed by atoms with E-state index in [1.165, 1.54) is 36.4 Å². The van der Waals surface area contributed by atoms with Gasteiger partial charge in [-0.2, -0.15) is 17.5 Å². The number of sulfonamides is 1. The molecule has 0 saturated carbocycles. The molecule has 1 amide bonds. The summed E-state index contributed by atoms with van der Waals surface area (Å²) in [6, 6.07) is 12.2. The lowest BCUT2D eigenvalue weighted by molar-refractivity contribution is -0.137. The highest BCUT2D eigenvalue weighted by Crippen LogP contribution is 2.34. The quantitative estimate of drug-likeness (QED) is 0.320. The largest absolute Gasteiger partial charge is 0.416 e. The van der Waals surface area contributed by atoms with Crippen LogP contribution in [0.15, 0.2) is 65.6 Å². The molecule has 3 aromatic carbocycles. The van der Waals surface area contributed by atoms with Crippen LogP contribution in [-0.4, -0.2) is 25.2 Å². The number of carbonyl (C=O) groups is 1. The van der Waals surface area contributed by atoms with Crippen LogP contribution in [-0.2, 0) is 27.5 Å². The molecule has 186 valence electrons. The fraction of sp³-hybridized carbons (Fsp3) is 0.136. The predicted octanol–water partition coefficient (Wildman–Crippen LogP) is 7.15. The number of amides is 1. The van der Waals surface area contributed by atoms with Gasteiger partial charge in [-0.1, -0.05) is 52.5 Å². The number of carbonyl (C=O) groups excluding carboxylic acids is 1. The molecule has 1 N–H and O–H groups in total. The van der Waals surface area contributed by atoms with Crippen molar-refractivity contribution in [3.8, 4) is 0 Å². The van der Waals surface area contributed by atoms with E-state index in [2.05, 4.69) is 5.32 Å². The standard InChI is InChI=1S/C22H15Cl4F3N2O3S/c23-14-5-7-15(8-6-14)35(33,34)31(11-16-17(24)2-1-3-18(16)25)12-21(32)30-20-10-13(22(27,28)29)4-9-19(20)26/h1-10H,11-12H2,(H,30,32). The Morgan fingerprint density at radius 3 is 2.06 bits per heavy atom. The number of hydrogen-bond donors (Lipinski definition) is 1. The molecule has 0 fully saturated rings. The van der Waals surface area contributed by atoms with Crippen LogP contribution in [0.5, 0.6) is 0 Å². The summed E-state index contributed by atoms with van der Waals surface area (Å²) < 4.78 is 66.7. The van der Waals surface area contributed by atoms with Crippen LogP contribution in [0.1, 0.15) is 11.1 Å². The van der Waals surface area contributed by atoms with Crippen LogP contribution in [0.4, 0.5) is 18.9 Å². The lowest BCUT2D eigenvalue weighted by atomic mass is 10.2. The number of anilines is 1. The highest BCUT2D eigenvalue weighted by atomic mass is 35.5. The van der Waals surface area contributed by atoms with Crippen molar-refractivity contribution in [2.75, 3.05) is 11.9 Å². The fourth-order valence-corrected chi connectivity index (χ4v) is 5.16. The lowest BCUT2D eigenvalue weighted by Crippen LogP contribution is -2.37. The molecule has 35 heavy (non-hydrogen) atoms. The van der Waals surface area contributed by atoms with Crippen molar-refractivity contribution in [1.82, 2.24) is 4.31 Å². The minimum absolute atomic E-state index is 0.160. The minimum atomic E-state index is -4.67. The van der Waals surface area contributed by atoms with E-state index >= 15 is 0 Å². The SMILES string of the molecule is O=C(CN(Cc1c(Cl)cccc1Cl)S(=O)(=O)c1ccc(Cl)cc1)Nc1cc(C(F)(F)F)ccc1Cl. The normalized spacial score (nSPS) is 12.1. The molecule has 0 aliphatic rings. The van der Waals surface area contributed by atoms with Crippen LogP contribution in [0.2, 0.25) is 20.1 Å². The second kappa shape index (κ2) is 10.9. The Bertz CT molecular complexity index is 1330. The van der Waals surface area contributed by atoms with Gasteiger partial charge in [-0.15, -0.1) is 0 Å². The summed E-state index contributed by atoms with van der Waals surface area (Å²) in [7, 11) is -4.29. The Hall–Kier alpha value is -2.01. The molecule has 0 atom stereocenters. The molecule has 0 spiro atoms. The van der Waals surface area contributed by atoms with Gasteiger partial charge in [-0.25, -0.2) is 8.42 Å². The summed E-state index contributed by atoms with van der Waals surface area (Å²) in [4.78, 5) is 12.6. The topological polar surface area (TPSA) is 66.5 Å². The third kappa shape index (κ3) is 6.81. The third-order valence-corrected chi connectivity index (χ3v) is 7.83. The van der Waals surface area contributed by atoms with Gasteiger partial charge in [0.1, 0.15) is 0 Å². The van der Waals surface area contributed by atoms with E-state index in [-0.39, 0.29) is 31.2 Å². The summed E-state index contributed by atoms with van der Waals surface area (Å²) in [6.45, 7) is -1.17. The van der Waals surface area contributed by atoms with Crippen LogP contribution in [0.25, 0.3) is 0 Å². The number of rotatable bonds is 7. The Labute approximate surface area is 219 Å². The smallest absolute Gasteiger partial charge is 0.324 e. The van der Waals surface area contributed by atoms with Gasteiger partial charge in [0.2, 0.25) is 15.9 Å². The van der Waals surface area contributed by atoms with Gasteiger partial charge in [0.25, 0.3) is 0 Å². The molecule has 0 unspecified atom stereocenters. The zero-order valence-electron chi connectivity index (χ0n) is 17.4. The minimum Gasteiger partial charge on any atom is -0.324 e.